The van der Waals surface area contributed by atoms with Crippen molar-refractivity contribution in [3.8, 4) is 55.3 Å². The molecule has 0 N–H and O–H groups in total. The topological polar surface area (TPSA) is 48.5 Å². The summed E-state index contributed by atoms with van der Waals surface area (Å²) in [4.78, 5) is 15.5. The van der Waals surface area contributed by atoms with Crippen molar-refractivity contribution in [3.05, 3.63) is 213 Å². The highest BCUT2D eigenvalue weighted by Gasteiger charge is 2.23. The minimum atomic E-state index is 0.954. The summed E-state index contributed by atoms with van der Waals surface area (Å²) in [5, 5.41) is 7.21. The van der Waals surface area contributed by atoms with E-state index in [9.17, 15) is 0 Å². The van der Waals surface area contributed by atoms with Gasteiger partial charge in [-0.3, -0.25) is 9.97 Å². The summed E-state index contributed by atoms with van der Waals surface area (Å²) in [6, 6.07) is 68.0. The van der Waals surface area contributed by atoms with Gasteiger partial charge >= 0.3 is 0 Å². The quantitative estimate of drug-likeness (QED) is 0.168. The smallest absolute Gasteiger partial charge is 0.0803 e. The van der Waals surface area contributed by atoms with E-state index in [0.29, 0.717) is 0 Å². The summed E-state index contributed by atoms with van der Waals surface area (Å²) in [6.07, 6.45) is 7.50. The molecule has 6 heterocycles. The van der Waals surface area contributed by atoms with E-state index >= 15 is 0 Å². The minimum absolute atomic E-state index is 0.954. The maximum atomic E-state index is 5.53. The Hall–Kier alpha value is -8.19. The van der Waals surface area contributed by atoms with Crippen LogP contribution in [0.1, 0.15) is 0 Å². The summed E-state index contributed by atoms with van der Waals surface area (Å²) < 4.78 is 6.06. The van der Waals surface area contributed by atoms with Gasteiger partial charge in [-0.05, 0) is 101 Å². The molecule has 0 saturated carbocycles. The molecule has 0 amide bonds. The SMILES string of the molecule is c1cc(-c2cc(-n3c4ccccc4c4ccccc43)cc(-n3c4ccccc4c4ccccc43)c2)cc(-c2nc3ccccc3c3sc(-c4ccncc4)c(-c4ccncc4)c23)c1. The fourth-order valence-corrected chi connectivity index (χ4v) is 11.1. The number of para-hydroxylation sites is 5. The molecule has 6 heteroatoms. The van der Waals surface area contributed by atoms with Crippen molar-refractivity contribution < 1.29 is 0 Å². The maximum Gasteiger partial charge on any atom is 0.0803 e. The van der Waals surface area contributed by atoms with Crippen LogP contribution in [0.25, 0.3) is 120 Å². The summed E-state index contributed by atoms with van der Waals surface area (Å²) in [5.74, 6) is 0. The molecule has 0 radical (unpaired) electrons. The highest BCUT2D eigenvalue weighted by atomic mass is 32.1. The first-order valence-corrected chi connectivity index (χ1v) is 22.0. The molecule has 13 aromatic rings. The van der Waals surface area contributed by atoms with Gasteiger partial charge in [0.15, 0.2) is 0 Å². The lowest BCUT2D eigenvalue weighted by Crippen LogP contribution is -2.00. The predicted molar refractivity (Wildman–Crippen MR) is 263 cm³/mol. The van der Waals surface area contributed by atoms with Gasteiger partial charge in [0, 0.05) is 89.2 Å². The monoisotopic (exact) mass is 821 g/mol. The van der Waals surface area contributed by atoms with Gasteiger partial charge < -0.3 is 9.13 Å². The van der Waals surface area contributed by atoms with Crippen molar-refractivity contribution in [3.63, 3.8) is 0 Å². The third-order valence-electron chi connectivity index (χ3n) is 12.5. The number of fused-ring (bicyclic) bond motifs is 9. The normalized spacial score (nSPS) is 11.8. The van der Waals surface area contributed by atoms with Gasteiger partial charge in [-0.1, -0.05) is 109 Å². The Labute approximate surface area is 366 Å². The molecule has 0 spiro atoms. The van der Waals surface area contributed by atoms with Gasteiger partial charge in [0.1, 0.15) is 0 Å². The molecule has 0 bridgehead atoms. The summed E-state index contributed by atoms with van der Waals surface area (Å²) in [5.41, 5.74) is 15.5. The van der Waals surface area contributed by atoms with Crippen molar-refractivity contribution in [2.24, 2.45) is 0 Å². The molecule has 294 valence electrons. The number of nitrogens with zero attached hydrogens (tertiary/aromatic N) is 5. The number of aromatic nitrogens is 5. The predicted octanol–water partition coefficient (Wildman–Crippen LogP) is 15.1. The van der Waals surface area contributed by atoms with Crippen LogP contribution in [0.5, 0.6) is 0 Å². The van der Waals surface area contributed by atoms with Crippen LogP contribution >= 0.6 is 11.3 Å². The first-order valence-electron chi connectivity index (χ1n) is 21.2. The van der Waals surface area contributed by atoms with Crippen molar-refractivity contribution in [1.29, 1.82) is 0 Å². The highest BCUT2D eigenvalue weighted by Crippen LogP contribution is 2.50. The zero-order chi connectivity index (χ0) is 41.4. The Bertz CT molecular complexity index is 3680. The molecule has 0 aliphatic rings. The third-order valence-corrected chi connectivity index (χ3v) is 13.8. The average Bonchev–Trinajstić information content (AvgIpc) is 4.03. The Kier molecular flexibility index (Phi) is 8.01. The van der Waals surface area contributed by atoms with Gasteiger partial charge in [-0.2, -0.15) is 0 Å². The van der Waals surface area contributed by atoms with Crippen LogP contribution in [0.4, 0.5) is 0 Å². The average molecular weight is 822 g/mol. The lowest BCUT2D eigenvalue weighted by Gasteiger charge is -2.16. The standard InChI is InChI=1S/C57H35N5S/c1-6-19-48-47(18-1)57-54(53(36-24-28-58-29-25-36)56(63-57)37-26-30-59-31-27-37)55(60-48)39-13-11-12-38(32-39)40-33-41(61-49-20-7-2-14-43(49)44-15-3-8-21-50(44)61)35-42(34-40)62-51-22-9-4-16-45(51)46-17-5-10-23-52(46)62/h1-35H. The molecule has 0 unspecified atom stereocenters. The van der Waals surface area contributed by atoms with Crippen LogP contribution < -0.4 is 0 Å². The van der Waals surface area contributed by atoms with E-state index in [2.05, 4.69) is 207 Å². The molecule has 0 aliphatic carbocycles. The molecule has 13 rings (SSSR count). The lowest BCUT2D eigenvalue weighted by molar-refractivity contribution is 1.13. The summed E-state index contributed by atoms with van der Waals surface area (Å²) in [6.45, 7) is 0. The summed E-state index contributed by atoms with van der Waals surface area (Å²) in [7, 11) is 0. The molecule has 0 fully saturated rings. The van der Waals surface area contributed by atoms with Crippen LogP contribution in [-0.2, 0) is 0 Å². The van der Waals surface area contributed by atoms with Crippen molar-refractivity contribution in [2.45, 2.75) is 0 Å². The van der Waals surface area contributed by atoms with Gasteiger partial charge in [0.2, 0.25) is 0 Å². The van der Waals surface area contributed by atoms with Crippen molar-refractivity contribution >= 4 is 75.9 Å². The van der Waals surface area contributed by atoms with Crippen LogP contribution in [0.3, 0.4) is 0 Å². The first-order chi connectivity index (χ1) is 31.3. The van der Waals surface area contributed by atoms with Gasteiger partial charge in [-0.15, -0.1) is 11.3 Å². The first kappa shape index (κ1) is 35.6. The van der Waals surface area contributed by atoms with Crippen LogP contribution in [-0.4, -0.2) is 24.1 Å². The van der Waals surface area contributed by atoms with E-state index in [-0.39, 0.29) is 0 Å². The number of rotatable bonds is 6. The van der Waals surface area contributed by atoms with E-state index in [1.54, 1.807) is 0 Å². The van der Waals surface area contributed by atoms with E-state index in [4.69, 9.17) is 4.98 Å². The van der Waals surface area contributed by atoms with Crippen LogP contribution in [0.2, 0.25) is 0 Å². The molecular formula is C57H35N5S. The Balaban J connectivity index is 1.10. The molecule has 6 aromatic heterocycles. The zero-order valence-corrected chi connectivity index (χ0v) is 34.7. The Morgan fingerprint density at radius 1 is 0.365 bits per heavy atom. The van der Waals surface area contributed by atoms with E-state index in [1.807, 2.05) is 36.1 Å². The number of pyridine rings is 3. The van der Waals surface area contributed by atoms with E-state index in [1.165, 1.54) is 53.2 Å². The molecule has 0 atom stereocenters. The third kappa shape index (κ3) is 5.59. The Morgan fingerprint density at radius 3 is 1.40 bits per heavy atom. The van der Waals surface area contributed by atoms with Crippen molar-refractivity contribution in [2.75, 3.05) is 0 Å². The maximum absolute atomic E-state index is 5.53. The largest absolute Gasteiger partial charge is 0.309 e. The molecule has 0 saturated heterocycles. The highest BCUT2D eigenvalue weighted by molar-refractivity contribution is 7.24. The Morgan fingerprint density at radius 2 is 0.841 bits per heavy atom. The number of hydrogen-bond acceptors (Lipinski definition) is 4. The molecule has 7 aromatic carbocycles. The number of benzene rings is 7. The van der Waals surface area contributed by atoms with Gasteiger partial charge in [0.05, 0.1) is 33.3 Å². The second-order valence-electron chi connectivity index (χ2n) is 16.0. The number of hydrogen-bond donors (Lipinski definition) is 0. The second kappa shape index (κ2) is 14.2. The van der Waals surface area contributed by atoms with Gasteiger partial charge in [-0.25, -0.2) is 4.98 Å². The number of thiophene rings is 1. The lowest BCUT2D eigenvalue weighted by atomic mass is 9.94. The van der Waals surface area contributed by atoms with Gasteiger partial charge in [0.25, 0.3) is 0 Å². The minimum Gasteiger partial charge on any atom is -0.309 e. The molecular weight excluding hydrogens is 787 g/mol. The fourth-order valence-electron chi connectivity index (χ4n) is 9.76. The molecule has 0 aliphatic heterocycles. The van der Waals surface area contributed by atoms with E-state index < -0.39 is 0 Å². The second-order valence-corrected chi connectivity index (χ2v) is 17.0. The fraction of sp³-hybridized carbons (Fsp3) is 0. The van der Waals surface area contributed by atoms with Crippen LogP contribution in [0.15, 0.2) is 213 Å². The summed E-state index contributed by atoms with van der Waals surface area (Å²) >= 11 is 1.82. The molecule has 5 nitrogen and oxygen atoms in total. The molecule has 63 heavy (non-hydrogen) atoms. The zero-order valence-electron chi connectivity index (χ0n) is 33.9. The van der Waals surface area contributed by atoms with Crippen LogP contribution in [0, 0.1) is 0 Å². The van der Waals surface area contributed by atoms with E-state index in [0.717, 1.165) is 66.7 Å². The van der Waals surface area contributed by atoms with Crippen molar-refractivity contribution in [1.82, 2.24) is 24.1 Å².